The van der Waals surface area contributed by atoms with Gasteiger partial charge >= 0.3 is 5.97 Å². The van der Waals surface area contributed by atoms with E-state index in [1.807, 2.05) is 24.3 Å². The molecule has 0 aliphatic carbocycles. The Balaban J connectivity index is 1.89. The number of benzene rings is 1. The Hall–Kier alpha value is -3.46. The Morgan fingerprint density at radius 1 is 1.20 bits per heavy atom. The molecule has 2 amide bonds. The molecule has 0 spiro atoms. The van der Waals surface area contributed by atoms with Crippen LogP contribution in [-0.2, 0) is 9.53 Å². The topological polar surface area (TPSA) is 113 Å². The van der Waals surface area contributed by atoms with Crippen LogP contribution in [0.15, 0.2) is 35.6 Å². The zero-order valence-corrected chi connectivity index (χ0v) is 17.9. The summed E-state index contributed by atoms with van der Waals surface area (Å²) in [6, 6.07) is 7.48. The predicted molar refractivity (Wildman–Crippen MR) is 117 cm³/mol. The number of nitrogens with zero attached hydrogens (tertiary/aromatic N) is 1. The smallest absolute Gasteiger partial charge is 0.341 e. The summed E-state index contributed by atoms with van der Waals surface area (Å²) in [4.78, 5) is 40.2. The molecule has 3 N–H and O–H groups in total. The minimum atomic E-state index is -0.517. The third kappa shape index (κ3) is 4.25. The van der Waals surface area contributed by atoms with Crippen LogP contribution in [0, 0.1) is 6.92 Å². The first-order chi connectivity index (χ1) is 14.3. The fraction of sp³-hybridized carbons (Fsp3) is 0.238. The number of hydrogen-bond donors (Lipinski definition) is 3. The Bertz CT molecular complexity index is 1160. The van der Waals surface area contributed by atoms with E-state index in [2.05, 4.69) is 20.8 Å². The molecule has 9 heteroatoms. The number of H-pyrrole nitrogens is 1. The molecule has 0 radical (unpaired) electrons. The van der Waals surface area contributed by atoms with Gasteiger partial charge in [0.2, 0.25) is 5.91 Å². The molecule has 0 saturated heterocycles. The highest BCUT2D eigenvalue weighted by molar-refractivity contribution is 7.18. The van der Waals surface area contributed by atoms with Crippen molar-refractivity contribution < 1.29 is 19.1 Å². The van der Waals surface area contributed by atoms with Crippen LogP contribution in [0.25, 0.3) is 10.9 Å². The summed E-state index contributed by atoms with van der Waals surface area (Å²) in [5.41, 5.74) is 5.33. The average Bonchev–Trinajstić information content (AvgIpc) is 3.27. The Morgan fingerprint density at radius 3 is 2.63 bits per heavy atom. The van der Waals surface area contributed by atoms with E-state index in [-0.39, 0.29) is 18.4 Å². The number of hydrazone groups is 1. The van der Waals surface area contributed by atoms with Crippen LogP contribution < -0.4 is 10.7 Å². The quantitative estimate of drug-likeness (QED) is 0.316. The van der Waals surface area contributed by atoms with Crippen LogP contribution in [0.2, 0.25) is 0 Å². The van der Waals surface area contributed by atoms with Crippen molar-refractivity contribution in [3.05, 3.63) is 52.0 Å². The molecule has 0 unspecified atom stereocenters. The first-order valence-corrected chi connectivity index (χ1v) is 10.1. The van der Waals surface area contributed by atoms with Crippen LogP contribution in [0.5, 0.6) is 0 Å². The van der Waals surface area contributed by atoms with Gasteiger partial charge in [0.1, 0.15) is 5.00 Å². The SMILES string of the molecule is CCOC(=O)c1c(NC(C)=O)sc(C(C)=NNC(=O)c2c[nH]c3ccccc23)c1C. The van der Waals surface area contributed by atoms with Gasteiger partial charge in [0.15, 0.2) is 0 Å². The lowest BCUT2D eigenvalue weighted by molar-refractivity contribution is -0.114. The van der Waals surface area contributed by atoms with Gasteiger partial charge < -0.3 is 15.0 Å². The van der Waals surface area contributed by atoms with E-state index in [4.69, 9.17) is 4.74 Å². The highest BCUT2D eigenvalue weighted by atomic mass is 32.1. The van der Waals surface area contributed by atoms with Gasteiger partial charge in [0.05, 0.1) is 28.3 Å². The number of para-hydroxylation sites is 1. The van der Waals surface area contributed by atoms with Crippen molar-refractivity contribution in [2.24, 2.45) is 5.10 Å². The van der Waals surface area contributed by atoms with E-state index in [1.54, 1.807) is 27.0 Å². The fourth-order valence-electron chi connectivity index (χ4n) is 3.06. The maximum Gasteiger partial charge on any atom is 0.341 e. The first kappa shape index (κ1) is 21.3. The summed E-state index contributed by atoms with van der Waals surface area (Å²) >= 11 is 1.21. The predicted octanol–water partition coefficient (Wildman–Crippen LogP) is 3.83. The van der Waals surface area contributed by atoms with E-state index >= 15 is 0 Å². The summed E-state index contributed by atoms with van der Waals surface area (Å²) in [7, 11) is 0. The highest BCUT2D eigenvalue weighted by Crippen LogP contribution is 2.34. The second kappa shape index (κ2) is 8.91. The van der Waals surface area contributed by atoms with Crippen molar-refractivity contribution >= 4 is 50.7 Å². The number of nitrogens with one attached hydrogen (secondary N) is 3. The summed E-state index contributed by atoms with van der Waals surface area (Å²) in [6.45, 7) is 6.78. The van der Waals surface area contributed by atoms with Gasteiger partial charge in [-0.2, -0.15) is 5.10 Å². The van der Waals surface area contributed by atoms with Gasteiger partial charge in [-0.15, -0.1) is 11.3 Å². The lowest BCUT2D eigenvalue weighted by atomic mass is 10.1. The number of esters is 1. The lowest BCUT2D eigenvalue weighted by Gasteiger charge is -2.05. The molecule has 2 heterocycles. The van der Waals surface area contributed by atoms with E-state index in [0.717, 1.165) is 10.9 Å². The second-order valence-corrected chi connectivity index (χ2v) is 7.57. The van der Waals surface area contributed by atoms with Gasteiger partial charge in [-0.25, -0.2) is 10.2 Å². The number of anilines is 1. The molecule has 0 fully saturated rings. The van der Waals surface area contributed by atoms with E-state index in [9.17, 15) is 14.4 Å². The summed E-state index contributed by atoms with van der Waals surface area (Å²) in [6.07, 6.45) is 1.63. The molecule has 0 saturated carbocycles. The fourth-order valence-corrected chi connectivity index (χ4v) is 4.25. The van der Waals surface area contributed by atoms with E-state index in [0.29, 0.717) is 32.3 Å². The van der Waals surface area contributed by atoms with Crippen molar-refractivity contribution in [3.63, 3.8) is 0 Å². The molecule has 2 aromatic heterocycles. The second-order valence-electron chi connectivity index (χ2n) is 6.55. The molecule has 0 aliphatic heterocycles. The van der Waals surface area contributed by atoms with Crippen molar-refractivity contribution in [1.29, 1.82) is 0 Å². The minimum absolute atomic E-state index is 0.219. The van der Waals surface area contributed by atoms with Crippen molar-refractivity contribution in [2.75, 3.05) is 11.9 Å². The van der Waals surface area contributed by atoms with Gasteiger partial charge in [-0.1, -0.05) is 18.2 Å². The zero-order valence-electron chi connectivity index (χ0n) is 17.1. The summed E-state index contributed by atoms with van der Waals surface area (Å²) < 4.78 is 5.12. The average molecular weight is 426 g/mol. The number of carbonyl (C=O) groups excluding carboxylic acids is 3. The van der Waals surface area contributed by atoms with Crippen molar-refractivity contribution in [2.45, 2.75) is 27.7 Å². The number of thiophene rings is 1. The molecule has 156 valence electrons. The lowest BCUT2D eigenvalue weighted by Crippen LogP contribution is -2.19. The Kier molecular flexibility index (Phi) is 6.31. The molecular weight excluding hydrogens is 404 g/mol. The Labute approximate surface area is 177 Å². The van der Waals surface area contributed by atoms with Crippen molar-refractivity contribution in [1.82, 2.24) is 10.4 Å². The number of hydrogen-bond acceptors (Lipinski definition) is 6. The normalized spacial score (nSPS) is 11.4. The van der Waals surface area contributed by atoms with Gasteiger partial charge in [-0.3, -0.25) is 9.59 Å². The largest absolute Gasteiger partial charge is 0.462 e. The monoisotopic (exact) mass is 426 g/mol. The highest BCUT2D eigenvalue weighted by Gasteiger charge is 2.24. The van der Waals surface area contributed by atoms with E-state index < -0.39 is 5.97 Å². The van der Waals surface area contributed by atoms with Gasteiger partial charge in [-0.05, 0) is 32.4 Å². The molecule has 30 heavy (non-hydrogen) atoms. The standard InChI is InChI=1S/C21H22N4O4S/c1-5-29-21(28)17-11(2)18(30-20(17)23-13(4)26)12(3)24-25-19(27)15-10-22-16-9-7-6-8-14(15)16/h6-10,22H,5H2,1-4H3,(H,23,26)(H,25,27). The molecule has 0 atom stereocenters. The number of fused-ring (bicyclic) bond motifs is 1. The molecule has 8 nitrogen and oxygen atoms in total. The summed E-state index contributed by atoms with van der Waals surface area (Å²) in [5.74, 6) is -1.17. The number of rotatable bonds is 6. The van der Waals surface area contributed by atoms with Crippen LogP contribution in [0.4, 0.5) is 5.00 Å². The molecular formula is C21H22N4O4S. The Morgan fingerprint density at radius 2 is 1.93 bits per heavy atom. The van der Waals surface area contributed by atoms with Crippen LogP contribution in [0.3, 0.4) is 0 Å². The maximum atomic E-state index is 12.6. The van der Waals surface area contributed by atoms with Crippen LogP contribution in [0.1, 0.15) is 51.9 Å². The third-order valence-corrected chi connectivity index (χ3v) is 5.72. The third-order valence-electron chi connectivity index (χ3n) is 4.40. The van der Waals surface area contributed by atoms with Gasteiger partial charge in [0, 0.05) is 24.0 Å². The van der Waals surface area contributed by atoms with Crippen molar-refractivity contribution in [3.8, 4) is 0 Å². The van der Waals surface area contributed by atoms with Gasteiger partial charge in [0.25, 0.3) is 5.91 Å². The molecule has 3 rings (SSSR count). The van der Waals surface area contributed by atoms with Crippen LogP contribution >= 0.6 is 11.3 Å². The number of aromatic nitrogens is 1. The minimum Gasteiger partial charge on any atom is -0.462 e. The molecule has 3 aromatic rings. The maximum absolute atomic E-state index is 12.6. The van der Waals surface area contributed by atoms with E-state index in [1.165, 1.54) is 18.3 Å². The first-order valence-electron chi connectivity index (χ1n) is 9.32. The zero-order chi connectivity index (χ0) is 21.8. The molecule has 1 aromatic carbocycles. The number of ether oxygens (including phenoxy) is 1. The van der Waals surface area contributed by atoms with Crippen LogP contribution in [-0.4, -0.2) is 35.1 Å². The number of carbonyl (C=O) groups is 3. The molecule has 0 aliphatic rings. The number of amides is 2. The molecule has 0 bridgehead atoms. The summed E-state index contributed by atoms with van der Waals surface area (Å²) in [5, 5.41) is 8.07. The number of aromatic amines is 1.